The van der Waals surface area contributed by atoms with Crippen molar-refractivity contribution in [3.05, 3.63) is 29.3 Å². The molecule has 0 unspecified atom stereocenters. The Bertz CT molecular complexity index is 586. The third kappa shape index (κ3) is 6.72. The number of nitrogens with two attached hydrogens (primary N) is 1. The molecule has 8 heteroatoms. The zero-order valence-electron chi connectivity index (χ0n) is 15.3. The number of guanidine groups is 1. The molecule has 0 bridgehead atoms. The van der Waals surface area contributed by atoms with Crippen molar-refractivity contribution in [3.8, 4) is 0 Å². The third-order valence-electron chi connectivity index (χ3n) is 4.18. The molecular formula is C18H28ClN5O2. The first-order chi connectivity index (χ1) is 12.6. The number of anilines is 1. The van der Waals surface area contributed by atoms with E-state index in [4.69, 9.17) is 22.1 Å². The summed E-state index contributed by atoms with van der Waals surface area (Å²) in [5.74, 6) is 0.300. The Balaban J connectivity index is 1.69. The summed E-state index contributed by atoms with van der Waals surface area (Å²) in [7, 11) is 0. The van der Waals surface area contributed by atoms with Gasteiger partial charge in [0, 0.05) is 56.6 Å². The molecule has 1 aliphatic heterocycles. The largest absolute Gasteiger partial charge is 0.382 e. The van der Waals surface area contributed by atoms with E-state index in [1.54, 1.807) is 0 Å². The summed E-state index contributed by atoms with van der Waals surface area (Å²) in [6.07, 6.45) is 0.852. The molecule has 144 valence electrons. The summed E-state index contributed by atoms with van der Waals surface area (Å²) in [5.41, 5.74) is 6.91. The van der Waals surface area contributed by atoms with E-state index < -0.39 is 0 Å². The average molecular weight is 382 g/mol. The Hall–Kier alpha value is -1.99. The normalized spacial score (nSPS) is 15.2. The first kappa shape index (κ1) is 20.3. The molecule has 7 nitrogen and oxygen atoms in total. The first-order valence-electron chi connectivity index (χ1n) is 9.00. The Morgan fingerprint density at radius 2 is 1.96 bits per heavy atom. The molecule has 0 saturated carbocycles. The van der Waals surface area contributed by atoms with Crippen LogP contribution < -0.4 is 16.0 Å². The quantitative estimate of drug-likeness (QED) is 0.403. The monoisotopic (exact) mass is 381 g/mol. The van der Waals surface area contributed by atoms with Crippen LogP contribution in [0.15, 0.2) is 29.3 Å². The lowest BCUT2D eigenvalue weighted by Gasteiger charge is -2.36. The predicted molar refractivity (Wildman–Crippen MR) is 106 cm³/mol. The molecular weight excluding hydrogens is 354 g/mol. The van der Waals surface area contributed by atoms with Crippen molar-refractivity contribution in [2.75, 3.05) is 57.4 Å². The van der Waals surface area contributed by atoms with E-state index in [2.05, 4.69) is 15.2 Å². The maximum Gasteiger partial charge on any atom is 0.244 e. The summed E-state index contributed by atoms with van der Waals surface area (Å²) in [6, 6.07) is 7.77. The Kier molecular flexibility index (Phi) is 8.50. The number of hydrogen-bond acceptors (Lipinski definition) is 4. The van der Waals surface area contributed by atoms with Gasteiger partial charge in [0.25, 0.3) is 0 Å². The average Bonchev–Trinajstić information content (AvgIpc) is 2.66. The van der Waals surface area contributed by atoms with E-state index in [9.17, 15) is 4.79 Å². The minimum atomic E-state index is -0.000164. The number of halogens is 1. The lowest BCUT2D eigenvalue weighted by Crippen LogP contribution is -2.49. The van der Waals surface area contributed by atoms with E-state index in [0.29, 0.717) is 38.8 Å². The van der Waals surface area contributed by atoms with Gasteiger partial charge in [0.1, 0.15) is 6.54 Å². The fraction of sp³-hybridized carbons (Fsp3) is 0.556. The zero-order chi connectivity index (χ0) is 18.8. The van der Waals surface area contributed by atoms with Gasteiger partial charge in [0.15, 0.2) is 5.96 Å². The topological polar surface area (TPSA) is 83.2 Å². The van der Waals surface area contributed by atoms with Crippen molar-refractivity contribution in [1.82, 2.24) is 10.2 Å². The molecule has 1 aromatic rings. The van der Waals surface area contributed by atoms with Crippen LogP contribution in [0.25, 0.3) is 0 Å². The summed E-state index contributed by atoms with van der Waals surface area (Å²) in [5, 5.41) is 3.72. The van der Waals surface area contributed by atoms with Gasteiger partial charge in [-0.05, 0) is 37.6 Å². The van der Waals surface area contributed by atoms with E-state index in [-0.39, 0.29) is 12.5 Å². The fourth-order valence-corrected chi connectivity index (χ4v) is 2.84. The highest BCUT2D eigenvalue weighted by Gasteiger charge is 2.20. The highest BCUT2D eigenvalue weighted by Crippen LogP contribution is 2.19. The minimum absolute atomic E-state index is 0.000164. The van der Waals surface area contributed by atoms with Crippen LogP contribution in [0.1, 0.15) is 13.3 Å². The summed E-state index contributed by atoms with van der Waals surface area (Å²) >= 11 is 5.92. The number of aliphatic imine (C=N–C) groups is 1. The molecule has 26 heavy (non-hydrogen) atoms. The Morgan fingerprint density at radius 1 is 1.27 bits per heavy atom. The second kappa shape index (κ2) is 10.9. The highest BCUT2D eigenvalue weighted by molar-refractivity contribution is 6.30. The number of rotatable bonds is 8. The van der Waals surface area contributed by atoms with E-state index in [1.807, 2.05) is 36.1 Å². The summed E-state index contributed by atoms with van der Waals surface area (Å²) in [6.45, 7) is 7.07. The van der Waals surface area contributed by atoms with Gasteiger partial charge in [-0.15, -0.1) is 0 Å². The standard InChI is InChI=1S/C18H28ClN5O2/c1-2-26-13-3-8-21-18(20)22-14-17(25)24-11-9-23(10-12-24)16-6-4-15(19)5-7-16/h4-7H,2-3,8-14H2,1H3,(H3,20,21,22). The van der Waals surface area contributed by atoms with Gasteiger partial charge in [-0.25, -0.2) is 4.99 Å². The van der Waals surface area contributed by atoms with Crippen LogP contribution in [-0.4, -0.2) is 69.2 Å². The Labute approximate surface area is 160 Å². The van der Waals surface area contributed by atoms with Gasteiger partial charge in [-0.3, -0.25) is 4.79 Å². The molecule has 0 aromatic heterocycles. The molecule has 1 fully saturated rings. The van der Waals surface area contributed by atoms with Gasteiger partial charge in [-0.1, -0.05) is 11.6 Å². The lowest BCUT2D eigenvalue weighted by atomic mass is 10.2. The van der Waals surface area contributed by atoms with Crippen molar-refractivity contribution >= 4 is 29.2 Å². The van der Waals surface area contributed by atoms with Crippen molar-refractivity contribution in [2.45, 2.75) is 13.3 Å². The first-order valence-corrected chi connectivity index (χ1v) is 9.37. The van der Waals surface area contributed by atoms with Crippen LogP contribution >= 0.6 is 11.6 Å². The number of carbonyl (C=O) groups excluding carboxylic acids is 1. The second-order valence-electron chi connectivity index (χ2n) is 6.02. The van der Waals surface area contributed by atoms with Crippen molar-refractivity contribution in [1.29, 1.82) is 0 Å². The van der Waals surface area contributed by atoms with Crippen LogP contribution in [0.2, 0.25) is 5.02 Å². The number of piperazine rings is 1. The van der Waals surface area contributed by atoms with Crippen LogP contribution in [0.5, 0.6) is 0 Å². The van der Waals surface area contributed by atoms with Gasteiger partial charge in [-0.2, -0.15) is 0 Å². The third-order valence-corrected chi connectivity index (χ3v) is 4.44. The number of carbonyl (C=O) groups is 1. The number of nitrogens with one attached hydrogen (secondary N) is 1. The smallest absolute Gasteiger partial charge is 0.244 e. The number of benzene rings is 1. The number of hydrogen-bond donors (Lipinski definition) is 2. The fourth-order valence-electron chi connectivity index (χ4n) is 2.71. The molecule has 1 aliphatic rings. The predicted octanol–water partition coefficient (Wildman–Crippen LogP) is 1.32. The van der Waals surface area contributed by atoms with Gasteiger partial charge in [0.05, 0.1) is 0 Å². The molecule has 1 amide bonds. The summed E-state index contributed by atoms with van der Waals surface area (Å²) < 4.78 is 5.25. The molecule has 0 atom stereocenters. The van der Waals surface area contributed by atoms with Crippen molar-refractivity contribution < 1.29 is 9.53 Å². The van der Waals surface area contributed by atoms with Gasteiger partial charge in [0.2, 0.25) is 5.91 Å². The maximum atomic E-state index is 12.3. The van der Waals surface area contributed by atoms with Crippen LogP contribution in [0.3, 0.4) is 0 Å². The van der Waals surface area contributed by atoms with Crippen molar-refractivity contribution in [2.24, 2.45) is 10.7 Å². The molecule has 0 aliphatic carbocycles. The van der Waals surface area contributed by atoms with Gasteiger partial charge < -0.3 is 25.6 Å². The number of nitrogens with zero attached hydrogens (tertiary/aromatic N) is 3. The van der Waals surface area contributed by atoms with Crippen molar-refractivity contribution in [3.63, 3.8) is 0 Å². The van der Waals surface area contributed by atoms with Crippen LogP contribution in [0.4, 0.5) is 5.69 Å². The lowest BCUT2D eigenvalue weighted by molar-refractivity contribution is -0.129. The Morgan fingerprint density at radius 3 is 2.62 bits per heavy atom. The minimum Gasteiger partial charge on any atom is -0.382 e. The zero-order valence-corrected chi connectivity index (χ0v) is 16.0. The second-order valence-corrected chi connectivity index (χ2v) is 6.46. The van der Waals surface area contributed by atoms with E-state index in [0.717, 1.165) is 30.2 Å². The van der Waals surface area contributed by atoms with E-state index >= 15 is 0 Å². The maximum absolute atomic E-state index is 12.3. The number of ether oxygens (including phenoxy) is 1. The molecule has 3 N–H and O–H groups in total. The molecule has 1 aromatic carbocycles. The molecule has 0 spiro atoms. The van der Waals surface area contributed by atoms with Crippen LogP contribution in [-0.2, 0) is 9.53 Å². The van der Waals surface area contributed by atoms with E-state index in [1.165, 1.54) is 0 Å². The highest BCUT2D eigenvalue weighted by atomic mass is 35.5. The number of amides is 1. The molecule has 2 rings (SSSR count). The molecule has 0 radical (unpaired) electrons. The SMILES string of the molecule is CCOCCCNC(N)=NCC(=O)N1CCN(c2ccc(Cl)cc2)CC1. The molecule has 1 saturated heterocycles. The summed E-state index contributed by atoms with van der Waals surface area (Å²) in [4.78, 5) is 20.5. The van der Waals surface area contributed by atoms with Crippen LogP contribution in [0, 0.1) is 0 Å². The van der Waals surface area contributed by atoms with Gasteiger partial charge >= 0.3 is 0 Å². The molecule has 1 heterocycles.